The van der Waals surface area contributed by atoms with Gasteiger partial charge >= 0.3 is 0 Å². The molecule has 0 N–H and O–H groups in total. The maximum absolute atomic E-state index is 13.0. The molecule has 2 aromatic rings. The molecule has 0 saturated heterocycles. The molecule has 0 saturated carbocycles. The maximum Gasteiger partial charge on any atom is 0.267 e. The molecule has 100 valence electrons. The van der Waals surface area contributed by atoms with Crippen LogP contribution in [0.4, 0.5) is 8.78 Å². The standard InChI is InChI=1S/C14H10Cl2F2O/c1-19-13-8(4-2-5-9(13)14(17)18)12-10(15)6-3-7-11(12)16/h2-7,14H,1H3. The molecule has 2 rings (SSSR count). The summed E-state index contributed by atoms with van der Waals surface area (Å²) in [5.74, 6) is 0.0903. The quantitative estimate of drug-likeness (QED) is 0.716. The first-order valence-electron chi connectivity index (χ1n) is 5.45. The van der Waals surface area contributed by atoms with Crippen molar-refractivity contribution in [3.63, 3.8) is 0 Å². The molecule has 2 aromatic carbocycles. The molecular formula is C14H10Cl2F2O. The van der Waals surface area contributed by atoms with Crippen LogP contribution in [0.15, 0.2) is 36.4 Å². The molecule has 5 heteroatoms. The highest BCUT2D eigenvalue weighted by Gasteiger charge is 2.20. The van der Waals surface area contributed by atoms with E-state index in [0.29, 0.717) is 21.2 Å². The Balaban J connectivity index is 2.72. The van der Waals surface area contributed by atoms with Crippen molar-refractivity contribution in [2.75, 3.05) is 7.11 Å². The van der Waals surface area contributed by atoms with E-state index in [1.54, 1.807) is 24.3 Å². The van der Waals surface area contributed by atoms with Crippen LogP contribution in [0.25, 0.3) is 11.1 Å². The first-order chi connectivity index (χ1) is 9.06. The third-order valence-electron chi connectivity index (χ3n) is 2.72. The van der Waals surface area contributed by atoms with Crippen LogP contribution in [-0.2, 0) is 0 Å². The van der Waals surface area contributed by atoms with Gasteiger partial charge in [-0.1, -0.05) is 41.4 Å². The van der Waals surface area contributed by atoms with Gasteiger partial charge in [-0.25, -0.2) is 8.78 Å². The Kier molecular flexibility index (Phi) is 4.27. The van der Waals surface area contributed by atoms with Gasteiger partial charge in [0.1, 0.15) is 5.75 Å². The van der Waals surface area contributed by atoms with Gasteiger partial charge in [-0.15, -0.1) is 0 Å². The SMILES string of the molecule is COc1c(-c2c(Cl)cccc2Cl)cccc1C(F)F. The summed E-state index contributed by atoms with van der Waals surface area (Å²) < 4.78 is 31.0. The van der Waals surface area contributed by atoms with E-state index in [-0.39, 0.29) is 11.3 Å². The summed E-state index contributed by atoms with van der Waals surface area (Å²) in [6.45, 7) is 0. The minimum absolute atomic E-state index is 0.0903. The average molecular weight is 303 g/mol. The third kappa shape index (κ3) is 2.67. The summed E-state index contributed by atoms with van der Waals surface area (Å²) in [6, 6.07) is 9.49. The monoisotopic (exact) mass is 302 g/mol. The Labute approximate surface area is 119 Å². The number of halogens is 4. The van der Waals surface area contributed by atoms with Crippen LogP contribution < -0.4 is 4.74 Å². The molecule has 0 fully saturated rings. The minimum atomic E-state index is -2.63. The largest absolute Gasteiger partial charge is 0.496 e. The van der Waals surface area contributed by atoms with Gasteiger partial charge in [0.05, 0.1) is 22.7 Å². The predicted octanol–water partition coefficient (Wildman–Crippen LogP) is 5.61. The summed E-state index contributed by atoms with van der Waals surface area (Å²) in [4.78, 5) is 0. The van der Waals surface area contributed by atoms with Crippen molar-refractivity contribution in [3.05, 3.63) is 52.0 Å². The van der Waals surface area contributed by atoms with Crippen molar-refractivity contribution < 1.29 is 13.5 Å². The lowest BCUT2D eigenvalue weighted by Crippen LogP contribution is -1.96. The Morgan fingerprint density at radius 1 is 1.00 bits per heavy atom. The Morgan fingerprint density at radius 3 is 2.11 bits per heavy atom. The number of rotatable bonds is 3. The highest BCUT2D eigenvalue weighted by atomic mass is 35.5. The van der Waals surface area contributed by atoms with Gasteiger partial charge < -0.3 is 4.74 Å². The molecule has 0 atom stereocenters. The van der Waals surface area contributed by atoms with Gasteiger partial charge in [0.25, 0.3) is 6.43 Å². The lowest BCUT2D eigenvalue weighted by atomic mass is 10.0. The van der Waals surface area contributed by atoms with Crippen LogP contribution in [-0.4, -0.2) is 7.11 Å². The number of hydrogen-bond acceptors (Lipinski definition) is 1. The highest BCUT2D eigenvalue weighted by Crippen LogP contribution is 2.43. The molecule has 0 amide bonds. The van der Waals surface area contributed by atoms with E-state index in [1.165, 1.54) is 19.2 Å². The van der Waals surface area contributed by atoms with Gasteiger partial charge in [0.15, 0.2) is 0 Å². The van der Waals surface area contributed by atoms with Gasteiger partial charge in [-0.05, 0) is 18.2 Å². The number of hydrogen-bond donors (Lipinski definition) is 0. The second kappa shape index (κ2) is 5.76. The average Bonchev–Trinajstić information content (AvgIpc) is 2.38. The Morgan fingerprint density at radius 2 is 1.58 bits per heavy atom. The Bertz CT molecular complexity index is 580. The van der Waals surface area contributed by atoms with Crippen LogP contribution in [0.2, 0.25) is 10.0 Å². The molecular weight excluding hydrogens is 293 g/mol. The molecule has 0 radical (unpaired) electrons. The van der Waals surface area contributed by atoms with E-state index in [9.17, 15) is 8.78 Å². The number of para-hydroxylation sites is 1. The molecule has 0 aliphatic rings. The van der Waals surface area contributed by atoms with E-state index in [1.807, 2.05) is 0 Å². The number of ether oxygens (including phenoxy) is 1. The molecule has 0 aromatic heterocycles. The van der Waals surface area contributed by atoms with Crippen molar-refractivity contribution >= 4 is 23.2 Å². The van der Waals surface area contributed by atoms with Crippen molar-refractivity contribution in [1.82, 2.24) is 0 Å². The first kappa shape index (κ1) is 14.1. The highest BCUT2D eigenvalue weighted by molar-refractivity contribution is 6.39. The summed E-state index contributed by atoms with van der Waals surface area (Å²) in [7, 11) is 1.34. The predicted molar refractivity (Wildman–Crippen MR) is 73.4 cm³/mol. The molecule has 0 aliphatic carbocycles. The zero-order chi connectivity index (χ0) is 14.0. The van der Waals surface area contributed by atoms with E-state index in [4.69, 9.17) is 27.9 Å². The number of methoxy groups -OCH3 is 1. The van der Waals surface area contributed by atoms with Crippen LogP contribution in [0.1, 0.15) is 12.0 Å². The molecule has 0 unspecified atom stereocenters. The van der Waals surface area contributed by atoms with Gasteiger partial charge in [-0.3, -0.25) is 0 Å². The summed E-state index contributed by atoms with van der Waals surface area (Å²) in [5.41, 5.74) is 0.761. The molecule has 1 nitrogen and oxygen atoms in total. The zero-order valence-electron chi connectivity index (χ0n) is 9.96. The van der Waals surface area contributed by atoms with E-state index in [0.717, 1.165) is 0 Å². The van der Waals surface area contributed by atoms with Crippen molar-refractivity contribution in [2.45, 2.75) is 6.43 Å². The molecule has 0 spiro atoms. The van der Waals surface area contributed by atoms with E-state index in [2.05, 4.69) is 0 Å². The second-order valence-electron chi connectivity index (χ2n) is 3.83. The summed E-state index contributed by atoms with van der Waals surface area (Å²) >= 11 is 12.2. The molecule has 0 bridgehead atoms. The molecule has 19 heavy (non-hydrogen) atoms. The van der Waals surface area contributed by atoms with Gasteiger partial charge in [-0.2, -0.15) is 0 Å². The Hall–Kier alpha value is -1.32. The number of benzene rings is 2. The van der Waals surface area contributed by atoms with E-state index < -0.39 is 6.43 Å². The first-order valence-corrected chi connectivity index (χ1v) is 6.21. The van der Waals surface area contributed by atoms with Crippen LogP contribution in [0, 0.1) is 0 Å². The normalized spacial score (nSPS) is 10.8. The fourth-order valence-corrected chi connectivity index (χ4v) is 2.51. The number of alkyl halides is 2. The summed E-state index contributed by atoms with van der Waals surface area (Å²) in [5, 5.41) is 0.773. The topological polar surface area (TPSA) is 9.23 Å². The fourth-order valence-electron chi connectivity index (χ4n) is 1.91. The van der Waals surface area contributed by atoms with Crippen molar-refractivity contribution in [2.24, 2.45) is 0 Å². The van der Waals surface area contributed by atoms with E-state index >= 15 is 0 Å². The maximum atomic E-state index is 13.0. The lowest BCUT2D eigenvalue weighted by molar-refractivity contribution is 0.147. The molecule has 0 heterocycles. The minimum Gasteiger partial charge on any atom is -0.496 e. The second-order valence-corrected chi connectivity index (χ2v) is 4.64. The fraction of sp³-hybridized carbons (Fsp3) is 0.143. The van der Waals surface area contributed by atoms with Gasteiger partial charge in [0.2, 0.25) is 0 Å². The van der Waals surface area contributed by atoms with Gasteiger partial charge in [0, 0.05) is 11.1 Å². The van der Waals surface area contributed by atoms with Crippen molar-refractivity contribution in [1.29, 1.82) is 0 Å². The summed E-state index contributed by atoms with van der Waals surface area (Å²) in [6.07, 6.45) is -2.63. The van der Waals surface area contributed by atoms with Crippen LogP contribution in [0.5, 0.6) is 5.75 Å². The zero-order valence-corrected chi connectivity index (χ0v) is 11.5. The van der Waals surface area contributed by atoms with Crippen LogP contribution in [0.3, 0.4) is 0 Å². The molecule has 0 aliphatic heterocycles. The van der Waals surface area contributed by atoms with Crippen molar-refractivity contribution in [3.8, 4) is 16.9 Å². The third-order valence-corrected chi connectivity index (χ3v) is 3.35. The van der Waals surface area contributed by atoms with Crippen LogP contribution >= 0.6 is 23.2 Å². The lowest BCUT2D eigenvalue weighted by Gasteiger charge is -2.15. The smallest absolute Gasteiger partial charge is 0.267 e.